The van der Waals surface area contributed by atoms with Gasteiger partial charge in [0.05, 0.1) is 5.69 Å². The van der Waals surface area contributed by atoms with Crippen LogP contribution in [0.25, 0.3) is 0 Å². The topological polar surface area (TPSA) is 114 Å². The average molecular weight is 258 g/mol. The summed E-state index contributed by atoms with van der Waals surface area (Å²) in [6.45, 7) is -0.00196. The van der Waals surface area contributed by atoms with E-state index in [2.05, 4.69) is 15.0 Å². The van der Waals surface area contributed by atoms with Crippen LogP contribution in [0.2, 0.25) is 0 Å². The minimum absolute atomic E-state index is 0.00196. The smallest absolute Gasteiger partial charge is 0.260 e. The first-order valence-electron chi connectivity index (χ1n) is 4.88. The molecule has 1 aromatic rings. The molecule has 4 N–H and O–H groups in total. The number of aromatic nitrogens is 1. The molecule has 1 heterocycles. The fourth-order valence-corrected chi connectivity index (χ4v) is 2.21. The first-order chi connectivity index (χ1) is 7.97. The third kappa shape index (κ3) is 3.68. The van der Waals surface area contributed by atoms with Crippen molar-refractivity contribution >= 4 is 21.6 Å². The Kier molecular flexibility index (Phi) is 4.41. The van der Waals surface area contributed by atoms with Crippen molar-refractivity contribution in [2.24, 2.45) is 0 Å². The second kappa shape index (κ2) is 5.60. The van der Waals surface area contributed by atoms with Crippen molar-refractivity contribution in [2.45, 2.75) is 11.4 Å². The van der Waals surface area contributed by atoms with Gasteiger partial charge in [0.2, 0.25) is 5.91 Å². The van der Waals surface area contributed by atoms with E-state index in [0.717, 1.165) is 0 Å². The summed E-state index contributed by atoms with van der Waals surface area (Å²) in [4.78, 5) is 14.6. The minimum Gasteiger partial charge on any atom is -0.396 e. The molecule has 1 rings (SSSR count). The molecule has 1 aromatic heterocycles. The molecular weight excluding hydrogens is 244 g/mol. The molecular formula is C9H14N4O3S. The standard InChI is InChI=1S/C9H14N4O3S/c1-11-8(14)4-6-13-17(15,16)9-7(10)3-2-5-12-9/h2-3,5,13H,4,6,10H2,1H3,(H,11,14). The lowest BCUT2D eigenvalue weighted by Gasteiger charge is -2.07. The van der Waals surface area contributed by atoms with E-state index in [1.165, 1.54) is 19.3 Å². The molecule has 0 aliphatic rings. The van der Waals surface area contributed by atoms with E-state index in [4.69, 9.17) is 5.73 Å². The second-order valence-electron chi connectivity index (χ2n) is 3.22. The van der Waals surface area contributed by atoms with Crippen LogP contribution in [0.3, 0.4) is 0 Å². The molecule has 1 amide bonds. The minimum atomic E-state index is -3.76. The molecule has 0 aliphatic heterocycles. The third-order valence-electron chi connectivity index (χ3n) is 1.98. The lowest BCUT2D eigenvalue weighted by atomic mass is 10.4. The van der Waals surface area contributed by atoms with Gasteiger partial charge in [-0.1, -0.05) is 0 Å². The van der Waals surface area contributed by atoms with Crippen molar-refractivity contribution in [1.29, 1.82) is 0 Å². The Morgan fingerprint density at radius 1 is 1.53 bits per heavy atom. The summed E-state index contributed by atoms with van der Waals surface area (Å²) in [6, 6.07) is 2.99. The normalized spacial score (nSPS) is 11.1. The quantitative estimate of drug-likeness (QED) is 0.632. The Labute approximate surface area is 99.5 Å². The van der Waals surface area contributed by atoms with Crippen molar-refractivity contribution in [3.8, 4) is 0 Å². The summed E-state index contributed by atoms with van der Waals surface area (Å²) in [5.74, 6) is -0.248. The molecule has 7 nitrogen and oxygen atoms in total. The maximum Gasteiger partial charge on any atom is 0.260 e. The average Bonchev–Trinajstić information content (AvgIpc) is 2.28. The van der Waals surface area contributed by atoms with Gasteiger partial charge in [0.1, 0.15) is 0 Å². The number of anilines is 1. The number of amides is 1. The van der Waals surface area contributed by atoms with Gasteiger partial charge in [0.25, 0.3) is 10.0 Å². The van der Waals surface area contributed by atoms with Crippen LogP contribution in [-0.2, 0) is 14.8 Å². The van der Waals surface area contributed by atoms with E-state index in [9.17, 15) is 13.2 Å². The highest BCUT2D eigenvalue weighted by molar-refractivity contribution is 7.89. The number of nitrogens with one attached hydrogen (secondary N) is 2. The third-order valence-corrected chi connectivity index (χ3v) is 3.41. The number of nitrogens with zero attached hydrogens (tertiary/aromatic N) is 1. The number of nitrogens with two attached hydrogens (primary N) is 1. The lowest BCUT2D eigenvalue weighted by molar-refractivity contribution is -0.120. The Hall–Kier alpha value is -1.67. The van der Waals surface area contributed by atoms with Crippen LogP contribution in [0.4, 0.5) is 5.69 Å². The van der Waals surface area contributed by atoms with Gasteiger partial charge >= 0.3 is 0 Å². The Balaban J connectivity index is 2.70. The van der Waals surface area contributed by atoms with Gasteiger partial charge < -0.3 is 11.1 Å². The zero-order chi connectivity index (χ0) is 12.9. The van der Waals surface area contributed by atoms with Crippen LogP contribution >= 0.6 is 0 Å². The number of carbonyl (C=O) groups excluding carboxylic acids is 1. The van der Waals surface area contributed by atoms with Crippen LogP contribution in [-0.4, -0.2) is 32.9 Å². The number of hydrogen-bond acceptors (Lipinski definition) is 5. The summed E-state index contributed by atoms with van der Waals surface area (Å²) in [5.41, 5.74) is 5.57. The van der Waals surface area contributed by atoms with Crippen LogP contribution in [0.15, 0.2) is 23.4 Å². The number of sulfonamides is 1. The molecule has 0 saturated heterocycles. The molecule has 0 bridgehead atoms. The molecule has 0 atom stereocenters. The molecule has 17 heavy (non-hydrogen) atoms. The van der Waals surface area contributed by atoms with Crippen molar-refractivity contribution in [1.82, 2.24) is 15.0 Å². The molecule has 94 valence electrons. The fourth-order valence-electron chi connectivity index (χ4n) is 1.12. The van der Waals surface area contributed by atoms with E-state index in [0.29, 0.717) is 0 Å². The van der Waals surface area contributed by atoms with Crippen molar-refractivity contribution < 1.29 is 13.2 Å². The zero-order valence-electron chi connectivity index (χ0n) is 9.30. The van der Waals surface area contributed by atoms with Crippen molar-refractivity contribution in [3.05, 3.63) is 18.3 Å². The first kappa shape index (κ1) is 13.4. The highest BCUT2D eigenvalue weighted by Gasteiger charge is 2.18. The molecule has 0 aliphatic carbocycles. The van der Waals surface area contributed by atoms with Gasteiger partial charge in [-0.05, 0) is 12.1 Å². The van der Waals surface area contributed by atoms with E-state index in [1.807, 2.05) is 0 Å². The van der Waals surface area contributed by atoms with Gasteiger partial charge in [-0.3, -0.25) is 4.79 Å². The second-order valence-corrected chi connectivity index (χ2v) is 4.90. The SMILES string of the molecule is CNC(=O)CCNS(=O)(=O)c1ncccc1N. The number of pyridine rings is 1. The van der Waals surface area contributed by atoms with Gasteiger partial charge in [-0.25, -0.2) is 18.1 Å². The maximum atomic E-state index is 11.7. The van der Waals surface area contributed by atoms with E-state index >= 15 is 0 Å². The predicted octanol–water partition coefficient (Wildman–Crippen LogP) is -0.922. The van der Waals surface area contributed by atoms with E-state index in [-0.39, 0.29) is 29.6 Å². The molecule has 0 unspecified atom stereocenters. The van der Waals surface area contributed by atoms with Gasteiger partial charge in [0, 0.05) is 26.2 Å². The van der Waals surface area contributed by atoms with E-state index in [1.54, 1.807) is 6.07 Å². The summed E-state index contributed by atoms with van der Waals surface area (Å²) in [7, 11) is -2.28. The predicted molar refractivity (Wildman–Crippen MR) is 62.5 cm³/mol. The van der Waals surface area contributed by atoms with Crippen LogP contribution in [0.5, 0.6) is 0 Å². The molecule has 0 fully saturated rings. The van der Waals surface area contributed by atoms with Crippen molar-refractivity contribution in [3.63, 3.8) is 0 Å². The molecule has 0 aromatic carbocycles. The number of rotatable bonds is 5. The van der Waals surface area contributed by atoms with Crippen LogP contribution in [0, 0.1) is 0 Å². The maximum absolute atomic E-state index is 11.7. The highest BCUT2D eigenvalue weighted by Crippen LogP contribution is 2.13. The summed E-state index contributed by atoms with van der Waals surface area (Å²) in [6.07, 6.45) is 1.39. The van der Waals surface area contributed by atoms with Crippen LogP contribution < -0.4 is 15.8 Å². The highest BCUT2D eigenvalue weighted by atomic mass is 32.2. The van der Waals surface area contributed by atoms with Gasteiger partial charge in [-0.2, -0.15) is 0 Å². The molecule has 0 saturated carbocycles. The number of hydrogen-bond donors (Lipinski definition) is 3. The van der Waals surface area contributed by atoms with Crippen molar-refractivity contribution in [2.75, 3.05) is 19.3 Å². The molecule has 0 radical (unpaired) electrons. The summed E-state index contributed by atoms with van der Waals surface area (Å²) in [5, 5.41) is 2.16. The number of carbonyl (C=O) groups is 1. The first-order valence-corrected chi connectivity index (χ1v) is 6.36. The summed E-state index contributed by atoms with van der Waals surface area (Å²) >= 11 is 0. The van der Waals surface area contributed by atoms with Gasteiger partial charge in [0.15, 0.2) is 5.03 Å². The fraction of sp³-hybridized carbons (Fsp3) is 0.333. The molecule has 8 heteroatoms. The largest absolute Gasteiger partial charge is 0.396 e. The zero-order valence-corrected chi connectivity index (χ0v) is 10.1. The Bertz CT molecular complexity index is 501. The summed E-state index contributed by atoms with van der Waals surface area (Å²) < 4.78 is 25.7. The Morgan fingerprint density at radius 2 is 2.24 bits per heavy atom. The number of nitrogen functional groups attached to an aromatic ring is 1. The molecule has 0 spiro atoms. The van der Waals surface area contributed by atoms with Crippen LogP contribution in [0.1, 0.15) is 6.42 Å². The van der Waals surface area contributed by atoms with Gasteiger partial charge in [-0.15, -0.1) is 0 Å². The monoisotopic (exact) mass is 258 g/mol. The van der Waals surface area contributed by atoms with E-state index < -0.39 is 10.0 Å². The lowest BCUT2D eigenvalue weighted by Crippen LogP contribution is -2.30. The Morgan fingerprint density at radius 3 is 2.82 bits per heavy atom.